The molecule has 0 aliphatic rings. The number of nitrogens with zero attached hydrogens (tertiary/aromatic N) is 1. The molecule has 0 spiro atoms. The first-order valence-electron chi connectivity index (χ1n) is 8.90. The Bertz CT molecular complexity index is 961. The first kappa shape index (κ1) is 23.4. The number of hydrogen-bond acceptors (Lipinski definition) is 7. The number of halogens is 2. The fourth-order valence-corrected chi connectivity index (χ4v) is 3.88. The van der Waals surface area contributed by atoms with Crippen molar-refractivity contribution in [1.29, 1.82) is 0 Å². The maximum atomic E-state index is 13.3. The summed E-state index contributed by atoms with van der Waals surface area (Å²) in [5, 5.41) is 2.84. The second kappa shape index (κ2) is 10.3. The van der Waals surface area contributed by atoms with E-state index in [-0.39, 0.29) is 27.8 Å². The number of anilines is 1. The summed E-state index contributed by atoms with van der Waals surface area (Å²) in [4.78, 5) is 38.3. The molecular formula is C20H22F2N2O5S. The average molecular weight is 440 g/mol. The normalized spacial score (nSPS) is 10.8. The number of carbonyl (C=O) groups excluding carboxylic acids is 3. The summed E-state index contributed by atoms with van der Waals surface area (Å²) in [5.74, 6) is -3.52. The summed E-state index contributed by atoms with van der Waals surface area (Å²) < 4.78 is 35.8. The quantitative estimate of drug-likeness (QED) is 0.634. The minimum Gasteiger partial charge on any atom is -0.465 e. The standard InChI is InChI=1S/C20H22F2N2O5S/c1-11-16(19(26)28-3)18(30-17(11)20(27)29-4)23-15(25)7-8-24(2)10-12-5-6-13(21)14(22)9-12/h5-6,9H,7-8,10H2,1-4H3,(H,23,25). The van der Waals surface area contributed by atoms with Gasteiger partial charge in [0.05, 0.1) is 19.8 Å². The van der Waals surface area contributed by atoms with Crippen molar-refractivity contribution >= 4 is 34.2 Å². The summed E-state index contributed by atoms with van der Waals surface area (Å²) in [5.41, 5.74) is 1.04. The third kappa shape index (κ3) is 5.61. The van der Waals surface area contributed by atoms with Crippen molar-refractivity contribution in [3.63, 3.8) is 0 Å². The molecule has 10 heteroatoms. The van der Waals surface area contributed by atoms with Gasteiger partial charge in [0.2, 0.25) is 5.91 Å². The molecule has 1 N–H and O–H groups in total. The predicted molar refractivity (Wildman–Crippen MR) is 108 cm³/mol. The van der Waals surface area contributed by atoms with Crippen LogP contribution >= 0.6 is 11.3 Å². The molecule has 0 radical (unpaired) electrons. The van der Waals surface area contributed by atoms with E-state index in [1.165, 1.54) is 20.3 Å². The summed E-state index contributed by atoms with van der Waals surface area (Å²) in [6.07, 6.45) is 0.0747. The van der Waals surface area contributed by atoms with Crippen molar-refractivity contribution < 1.29 is 32.6 Å². The zero-order chi connectivity index (χ0) is 22.4. The highest BCUT2D eigenvalue weighted by atomic mass is 32.1. The van der Waals surface area contributed by atoms with Gasteiger partial charge in [-0.25, -0.2) is 18.4 Å². The Kier molecular flexibility index (Phi) is 8.01. The molecule has 0 atom stereocenters. The van der Waals surface area contributed by atoms with Crippen LogP contribution in [0.25, 0.3) is 0 Å². The molecule has 0 saturated heterocycles. The van der Waals surface area contributed by atoms with Crippen LogP contribution in [0.15, 0.2) is 18.2 Å². The summed E-state index contributed by atoms with van der Waals surface area (Å²) >= 11 is 0.933. The van der Waals surface area contributed by atoms with Crippen LogP contribution in [0.4, 0.5) is 13.8 Å². The van der Waals surface area contributed by atoms with E-state index < -0.39 is 23.6 Å². The van der Waals surface area contributed by atoms with Crippen LogP contribution in [-0.4, -0.2) is 50.6 Å². The van der Waals surface area contributed by atoms with Gasteiger partial charge in [0.1, 0.15) is 9.88 Å². The van der Waals surface area contributed by atoms with E-state index in [1.807, 2.05) is 0 Å². The molecule has 2 aromatic rings. The van der Waals surface area contributed by atoms with E-state index in [0.29, 0.717) is 24.2 Å². The monoisotopic (exact) mass is 440 g/mol. The van der Waals surface area contributed by atoms with Crippen molar-refractivity contribution in [2.24, 2.45) is 0 Å². The summed E-state index contributed by atoms with van der Waals surface area (Å²) in [7, 11) is 4.16. The minimum absolute atomic E-state index is 0.0747. The van der Waals surface area contributed by atoms with E-state index >= 15 is 0 Å². The lowest BCUT2D eigenvalue weighted by molar-refractivity contribution is -0.116. The van der Waals surface area contributed by atoms with Crippen molar-refractivity contribution in [2.45, 2.75) is 19.9 Å². The average Bonchev–Trinajstić information content (AvgIpc) is 3.03. The molecule has 1 aromatic heterocycles. The Morgan fingerprint density at radius 3 is 2.37 bits per heavy atom. The molecule has 2 rings (SSSR count). The van der Waals surface area contributed by atoms with Gasteiger partial charge in [-0.05, 0) is 37.2 Å². The molecule has 30 heavy (non-hydrogen) atoms. The maximum absolute atomic E-state index is 13.3. The van der Waals surface area contributed by atoms with Crippen LogP contribution in [0.5, 0.6) is 0 Å². The van der Waals surface area contributed by atoms with Crippen LogP contribution in [0.2, 0.25) is 0 Å². The van der Waals surface area contributed by atoms with Gasteiger partial charge in [-0.1, -0.05) is 6.07 Å². The molecule has 0 aliphatic carbocycles. The number of rotatable bonds is 8. The molecule has 0 fully saturated rings. The lowest BCUT2D eigenvalue weighted by Crippen LogP contribution is -2.24. The highest BCUT2D eigenvalue weighted by molar-refractivity contribution is 7.18. The number of carbonyl (C=O) groups is 3. The van der Waals surface area contributed by atoms with Gasteiger partial charge in [0, 0.05) is 19.5 Å². The van der Waals surface area contributed by atoms with Crippen molar-refractivity contribution in [3.05, 3.63) is 51.4 Å². The Morgan fingerprint density at radius 1 is 1.10 bits per heavy atom. The Balaban J connectivity index is 2.03. The number of amides is 1. The van der Waals surface area contributed by atoms with E-state index in [9.17, 15) is 23.2 Å². The van der Waals surface area contributed by atoms with Gasteiger partial charge < -0.3 is 19.7 Å². The number of ether oxygens (including phenoxy) is 2. The van der Waals surface area contributed by atoms with Gasteiger partial charge in [-0.2, -0.15) is 0 Å². The molecule has 1 aromatic carbocycles. The highest BCUT2D eigenvalue weighted by Crippen LogP contribution is 2.34. The number of esters is 2. The van der Waals surface area contributed by atoms with Gasteiger partial charge in [0.25, 0.3) is 0 Å². The lowest BCUT2D eigenvalue weighted by atomic mass is 10.1. The molecule has 0 saturated carbocycles. The molecule has 1 amide bonds. The molecule has 162 valence electrons. The Labute approximate surface area is 176 Å². The summed E-state index contributed by atoms with van der Waals surface area (Å²) in [6, 6.07) is 3.63. The fourth-order valence-electron chi connectivity index (χ4n) is 2.75. The molecule has 7 nitrogen and oxygen atoms in total. The number of methoxy groups -OCH3 is 2. The topological polar surface area (TPSA) is 84.9 Å². The van der Waals surface area contributed by atoms with Crippen LogP contribution in [0.3, 0.4) is 0 Å². The number of benzene rings is 1. The largest absolute Gasteiger partial charge is 0.465 e. The molecule has 0 unspecified atom stereocenters. The Hall–Kier alpha value is -2.85. The molecular weight excluding hydrogens is 418 g/mol. The number of nitrogens with one attached hydrogen (secondary N) is 1. The van der Waals surface area contributed by atoms with Crippen molar-refractivity contribution in [1.82, 2.24) is 4.90 Å². The van der Waals surface area contributed by atoms with Gasteiger partial charge >= 0.3 is 11.9 Å². The fraction of sp³-hybridized carbons (Fsp3) is 0.350. The highest BCUT2D eigenvalue weighted by Gasteiger charge is 2.26. The summed E-state index contributed by atoms with van der Waals surface area (Å²) in [6.45, 7) is 2.22. The van der Waals surface area contributed by atoms with Gasteiger partial charge in [-0.15, -0.1) is 11.3 Å². The minimum atomic E-state index is -0.927. The predicted octanol–water partition coefficient (Wildman–Crippen LogP) is 3.37. The van der Waals surface area contributed by atoms with Gasteiger partial charge in [-0.3, -0.25) is 4.79 Å². The van der Waals surface area contributed by atoms with Crippen LogP contribution in [0, 0.1) is 18.6 Å². The van der Waals surface area contributed by atoms with E-state index in [4.69, 9.17) is 9.47 Å². The van der Waals surface area contributed by atoms with E-state index in [1.54, 1.807) is 18.9 Å². The maximum Gasteiger partial charge on any atom is 0.348 e. The van der Waals surface area contributed by atoms with E-state index in [0.717, 1.165) is 23.5 Å². The smallest absolute Gasteiger partial charge is 0.348 e. The zero-order valence-corrected chi connectivity index (χ0v) is 17.8. The number of thiophene rings is 1. The molecule has 0 aliphatic heterocycles. The van der Waals surface area contributed by atoms with Crippen LogP contribution < -0.4 is 5.32 Å². The van der Waals surface area contributed by atoms with Crippen LogP contribution in [0.1, 0.15) is 37.6 Å². The second-order valence-electron chi connectivity index (χ2n) is 6.53. The van der Waals surface area contributed by atoms with E-state index in [2.05, 4.69) is 5.32 Å². The molecule has 0 bridgehead atoms. The Morgan fingerprint density at radius 2 is 1.77 bits per heavy atom. The van der Waals surface area contributed by atoms with Crippen LogP contribution in [-0.2, 0) is 20.8 Å². The lowest BCUT2D eigenvalue weighted by Gasteiger charge is -2.16. The SMILES string of the molecule is COC(=O)c1sc(NC(=O)CCN(C)Cc2ccc(F)c(F)c2)c(C(=O)OC)c1C. The third-order valence-corrected chi connectivity index (χ3v) is 5.50. The first-order valence-corrected chi connectivity index (χ1v) is 9.71. The molecule has 1 heterocycles. The van der Waals surface area contributed by atoms with Crippen molar-refractivity contribution in [3.8, 4) is 0 Å². The first-order chi connectivity index (χ1) is 14.2. The second-order valence-corrected chi connectivity index (χ2v) is 7.55. The third-order valence-electron chi connectivity index (χ3n) is 4.32. The number of hydrogen-bond donors (Lipinski definition) is 1. The van der Waals surface area contributed by atoms with Crippen molar-refractivity contribution in [2.75, 3.05) is 33.1 Å². The van der Waals surface area contributed by atoms with Gasteiger partial charge in [0.15, 0.2) is 11.6 Å². The zero-order valence-electron chi connectivity index (χ0n) is 17.0.